The van der Waals surface area contributed by atoms with Crippen LogP contribution in [-0.4, -0.2) is 48.1 Å². The molecule has 3 heterocycles. The molecule has 3 rings (SSSR count). The van der Waals surface area contributed by atoms with Crippen molar-refractivity contribution < 1.29 is 0 Å². The Labute approximate surface area is 109 Å². The third-order valence-electron chi connectivity index (χ3n) is 3.10. The van der Waals surface area contributed by atoms with Crippen molar-refractivity contribution >= 4 is 39.7 Å². The molecule has 1 saturated heterocycles. The molecule has 0 unspecified atom stereocenters. The highest BCUT2D eigenvalue weighted by Crippen LogP contribution is 2.28. The van der Waals surface area contributed by atoms with E-state index in [2.05, 4.69) is 32.2 Å². The van der Waals surface area contributed by atoms with Gasteiger partial charge in [0.2, 0.25) is 5.28 Å². The van der Waals surface area contributed by atoms with Gasteiger partial charge < -0.3 is 9.80 Å². The first kappa shape index (κ1) is 11.2. The Morgan fingerprint density at radius 3 is 2.71 bits per heavy atom. The lowest BCUT2D eigenvalue weighted by Crippen LogP contribution is -2.44. The smallest absolute Gasteiger partial charge is 0.224 e. The fourth-order valence-corrected chi connectivity index (χ4v) is 2.99. The molecule has 1 aliphatic heterocycles. The molecule has 0 radical (unpaired) electrons. The van der Waals surface area contributed by atoms with Crippen molar-refractivity contribution in [3.8, 4) is 0 Å². The molecule has 1 fully saturated rings. The maximum atomic E-state index is 5.97. The number of aromatic nitrogens is 2. The van der Waals surface area contributed by atoms with Crippen molar-refractivity contribution in [2.45, 2.75) is 0 Å². The standard InChI is InChI=1S/C11H13ClN4S/c1-15-2-4-16(5-3-15)10-8-6-17-7-9(8)13-11(12)14-10/h6-7H,2-5H2,1H3. The molecule has 2 aromatic heterocycles. The van der Waals surface area contributed by atoms with Crippen molar-refractivity contribution in [3.05, 3.63) is 16.0 Å². The molecule has 6 heteroatoms. The summed E-state index contributed by atoms with van der Waals surface area (Å²) in [6, 6.07) is 0. The third-order valence-corrected chi connectivity index (χ3v) is 4.00. The van der Waals surface area contributed by atoms with Crippen LogP contribution in [0.1, 0.15) is 0 Å². The van der Waals surface area contributed by atoms with Gasteiger partial charge in [0.1, 0.15) is 5.82 Å². The van der Waals surface area contributed by atoms with Gasteiger partial charge in [0.05, 0.1) is 10.9 Å². The van der Waals surface area contributed by atoms with Gasteiger partial charge in [-0.3, -0.25) is 0 Å². The van der Waals surface area contributed by atoms with E-state index in [-0.39, 0.29) is 0 Å². The second kappa shape index (κ2) is 4.40. The van der Waals surface area contributed by atoms with Crippen LogP contribution in [0.15, 0.2) is 10.8 Å². The fourth-order valence-electron chi connectivity index (χ4n) is 2.08. The van der Waals surface area contributed by atoms with Crippen molar-refractivity contribution in [1.82, 2.24) is 14.9 Å². The molecular formula is C11H13ClN4S. The monoisotopic (exact) mass is 268 g/mol. The zero-order valence-corrected chi connectivity index (χ0v) is 11.1. The van der Waals surface area contributed by atoms with E-state index in [9.17, 15) is 0 Å². The average molecular weight is 269 g/mol. The topological polar surface area (TPSA) is 32.3 Å². The highest BCUT2D eigenvalue weighted by molar-refractivity contribution is 7.09. The molecule has 1 aliphatic rings. The molecule has 2 aromatic rings. The number of nitrogens with zero attached hydrogens (tertiary/aromatic N) is 4. The van der Waals surface area contributed by atoms with E-state index in [4.69, 9.17) is 11.6 Å². The van der Waals surface area contributed by atoms with Gasteiger partial charge in [0.15, 0.2) is 0 Å². The number of halogens is 1. The number of fused-ring (bicyclic) bond motifs is 1. The molecule has 0 atom stereocenters. The molecular weight excluding hydrogens is 256 g/mol. The number of rotatable bonds is 1. The van der Waals surface area contributed by atoms with Gasteiger partial charge in [-0.1, -0.05) is 0 Å². The van der Waals surface area contributed by atoms with E-state index in [0.717, 1.165) is 42.9 Å². The number of anilines is 1. The first-order valence-corrected chi connectivity index (χ1v) is 6.89. The minimum atomic E-state index is 0.338. The van der Waals surface area contributed by atoms with Gasteiger partial charge in [0, 0.05) is 36.9 Å². The minimum Gasteiger partial charge on any atom is -0.353 e. The van der Waals surface area contributed by atoms with E-state index >= 15 is 0 Å². The number of hydrogen-bond acceptors (Lipinski definition) is 5. The number of likely N-dealkylation sites (N-methyl/N-ethyl adjacent to an activating group) is 1. The van der Waals surface area contributed by atoms with Crippen LogP contribution in [0, 0.1) is 0 Å². The predicted molar refractivity (Wildman–Crippen MR) is 72.1 cm³/mol. The Kier molecular flexibility index (Phi) is 2.90. The third kappa shape index (κ3) is 2.10. The SMILES string of the molecule is CN1CCN(c2nc(Cl)nc3cscc23)CC1. The largest absolute Gasteiger partial charge is 0.353 e. The van der Waals surface area contributed by atoms with Gasteiger partial charge in [-0.15, -0.1) is 11.3 Å². The van der Waals surface area contributed by atoms with Crippen LogP contribution in [-0.2, 0) is 0 Å². The first-order valence-electron chi connectivity index (χ1n) is 5.57. The molecule has 0 N–H and O–H groups in total. The number of hydrogen-bond donors (Lipinski definition) is 0. The van der Waals surface area contributed by atoms with Crippen LogP contribution < -0.4 is 4.90 Å². The fraction of sp³-hybridized carbons (Fsp3) is 0.455. The molecule has 0 amide bonds. The summed E-state index contributed by atoms with van der Waals surface area (Å²) in [4.78, 5) is 13.2. The van der Waals surface area contributed by atoms with Gasteiger partial charge in [-0.05, 0) is 18.6 Å². The molecule has 0 saturated carbocycles. The zero-order valence-electron chi connectivity index (χ0n) is 9.56. The summed E-state index contributed by atoms with van der Waals surface area (Å²) in [6.07, 6.45) is 0. The molecule has 0 bridgehead atoms. The summed E-state index contributed by atoms with van der Waals surface area (Å²) in [6.45, 7) is 4.12. The van der Waals surface area contributed by atoms with Gasteiger partial charge in [-0.2, -0.15) is 4.98 Å². The van der Waals surface area contributed by atoms with Crippen LogP contribution in [0.4, 0.5) is 5.82 Å². The van der Waals surface area contributed by atoms with Gasteiger partial charge in [-0.25, -0.2) is 4.98 Å². The van der Waals surface area contributed by atoms with E-state index in [1.165, 1.54) is 0 Å². The Morgan fingerprint density at radius 2 is 1.94 bits per heavy atom. The van der Waals surface area contributed by atoms with Crippen molar-refractivity contribution in [2.24, 2.45) is 0 Å². The van der Waals surface area contributed by atoms with Crippen LogP contribution in [0.25, 0.3) is 10.9 Å². The zero-order chi connectivity index (χ0) is 11.8. The predicted octanol–water partition coefficient (Wildman–Crippen LogP) is 2.10. The summed E-state index contributed by atoms with van der Waals surface area (Å²) >= 11 is 7.62. The summed E-state index contributed by atoms with van der Waals surface area (Å²) < 4.78 is 0. The normalized spacial score (nSPS) is 17.9. The molecule has 0 aromatic carbocycles. The van der Waals surface area contributed by atoms with Crippen molar-refractivity contribution in [2.75, 3.05) is 38.1 Å². The second-order valence-electron chi connectivity index (χ2n) is 4.28. The maximum Gasteiger partial charge on any atom is 0.224 e. The first-order chi connectivity index (χ1) is 8.24. The van der Waals surface area contributed by atoms with Gasteiger partial charge in [0.25, 0.3) is 0 Å². The van der Waals surface area contributed by atoms with E-state index in [0.29, 0.717) is 5.28 Å². The summed E-state index contributed by atoms with van der Waals surface area (Å²) in [5.74, 6) is 0.981. The Morgan fingerprint density at radius 1 is 1.18 bits per heavy atom. The molecule has 90 valence electrons. The van der Waals surface area contributed by atoms with Crippen LogP contribution >= 0.6 is 22.9 Å². The molecule has 4 nitrogen and oxygen atoms in total. The van der Waals surface area contributed by atoms with E-state index in [1.54, 1.807) is 11.3 Å². The Bertz CT molecular complexity index is 533. The van der Waals surface area contributed by atoms with Crippen LogP contribution in [0.5, 0.6) is 0 Å². The van der Waals surface area contributed by atoms with Crippen molar-refractivity contribution in [1.29, 1.82) is 0 Å². The minimum absolute atomic E-state index is 0.338. The summed E-state index contributed by atoms with van der Waals surface area (Å²) in [5, 5.41) is 5.57. The molecule has 0 spiro atoms. The van der Waals surface area contributed by atoms with E-state index in [1.807, 2.05) is 5.38 Å². The lowest BCUT2D eigenvalue weighted by molar-refractivity contribution is 0.312. The average Bonchev–Trinajstić information content (AvgIpc) is 2.77. The highest BCUT2D eigenvalue weighted by Gasteiger charge is 2.18. The van der Waals surface area contributed by atoms with Crippen LogP contribution in [0.2, 0.25) is 5.28 Å². The molecule has 0 aliphatic carbocycles. The van der Waals surface area contributed by atoms with Crippen LogP contribution in [0.3, 0.4) is 0 Å². The summed E-state index contributed by atoms with van der Waals surface area (Å²) in [7, 11) is 2.14. The lowest BCUT2D eigenvalue weighted by Gasteiger charge is -2.33. The molecule has 17 heavy (non-hydrogen) atoms. The maximum absolute atomic E-state index is 5.97. The Hall–Kier alpha value is -0.910. The lowest BCUT2D eigenvalue weighted by atomic mass is 10.3. The highest BCUT2D eigenvalue weighted by atomic mass is 35.5. The van der Waals surface area contributed by atoms with E-state index < -0.39 is 0 Å². The summed E-state index contributed by atoms with van der Waals surface area (Å²) in [5.41, 5.74) is 0.948. The van der Waals surface area contributed by atoms with Crippen molar-refractivity contribution in [3.63, 3.8) is 0 Å². The quantitative estimate of drug-likeness (QED) is 0.742. The van der Waals surface area contributed by atoms with Gasteiger partial charge >= 0.3 is 0 Å². The second-order valence-corrected chi connectivity index (χ2v) is 5.36. The Balaban J connectivity index is 2.01. The number of thiophene rings is 1. The number of piperazine rings is 1.